The van der Waals surface area contributed by atoms with Crippen LogP contribution in [0.25, 0.3) is 0 Å². The normalized spacial score (nSPS) is 19.8. The van der Waals surface area contributed by atoms with Crippen LogP contribution in [0, 0.1) is 17.5 Å². The minimum absolute atomic E-state index is 0.0669. The largest absolute Gasteiger partial charge is 0.462 e. The van der Waals surface area contributed by atoms with Gasteiger partial charge in [0.1, 0.15) is 11.7 Å². The summed E-state index contributed by atoms with van der Waals surface area (Å²) in [6, 6.07) is -0.219. The number of benzene rings is 1. The second-order valence-corrected chi connectivity index (χ2v) is 5.77. The maximum absolute atomic E-state index is 14.0. The lowest BCUT2D eigenvalue weighted by atomic mass is 10.0. The van der Waals surface area contributed by atoms with Gasteiger partial charge in [0.05, 0.1) is 22.7 Å². The van der Waals surface area contributed by atoms with Crippen LogP contribution >= 0.6 is 15.9 Å². The zero-order chi connectivity index (χ0) is 18.0. The van der Waals surface area contributed by atoms with Crippen molar-refractivity contribution in [1.82, 2.24) is 5.32 Å². The number of hydrogen-bond donors (Lipinski definition) is 1. The van der Waals surface area contributed by atoms with Gasteiger partial charge in [-0.05, 0) is 28.9 Å². The molecule has 0 radical (unpaired) electrons. The Morgan fingerprint density at radius 3 is 2.54 bits per heavy atom. The van der Waals surface area contributed by atoms with Crippen LogP contribution in [0.5, 0.6) is 0 Å². The van der Waals surface area contributed by atoms with Gasteiger partial charge in [0.15, 0.2) is 17.5 Å². The van der Waals surface area contributed by atoms with Gasteiger partial charge in [0.25, 0.3) is 0 Å². The van der Waals surface area contributed by atoms with Gasteiger partial charge >= 0.3 is 5.97 Å². The minimum atomic E-state index is -1.50. The van der Waals surface area contributed by atoms with Crippen molar-refractivity contribution in [3.8, 4) is 0 Å². The molecule has 24 heavy (non-hydrogen) atoms. The molecule has 0 aromatic heterocycles. The quantitative estimate of drug-likeness (QED) is 0.114. The lowest BCUT2D eigenvalue weighted by Gasteiger charge is -2.09. The Morgan fingerprint density at radius 1 is 1.38 bits per heavy atom. The summed E-state index contributed by atoms with van der Waals surface area (Å²) in [7, 11) is 0. The molecular formula is C15H12BrF4NO3. The summed E-state index contributed by atoms with van der Waals surface area (Å²) < 4.78 is 57.5. The van der Waals surface area contributed by atoms with Crippen molar-refractivity contribution < 1.29 is 31.9 Å². The van der Waals surface area contributed by atoms with E-state index in [2.05, 4.69) is 26.0 Å². The van der Waals surface area contributed by atoms with Gasteiger partial charge < -0.3 is 10.1 Å². The van der Waals surface area contributed by atoms with E-state index in [1.807, 2.05) is 0 Å². The summed E-state index contributed by atoms with van der Waals surface area (Å²) in [5.41, 5.74) is -1.50. The highest BCUT2D eigenvalue weighted by Crippen LogP contribution is 2.28. The van der Waals surface area contributed by atoms with E-state index in [9.17, 15) is 27.2 Å². The zero-order valence-corrected chi connectivity index (χ0v) is 13.9. The molecule has 0 saturated heterocycles. The Morgan fingerprint density at radius 2 is 2.00 bits per heavy atom. The SMILES string of the molecule is CCOC(=O)C(=CN[C@@H]1C[C@H]1F)C(=O)c1cc(F)c(F)c(Br)c1F. The van der Waals surface area contributed by atoms with Crippen LogP contribution in [0.4, 0.5) is 17.6 Å². The zero-order valence-electron chi connectivity index (χ0n) is 12.3. The molecule has 130 valence electrons. The van der Waals surface area contributed by atoms with Crippen LogP contribution in [0.2, 0.25) is 0 Å². The summed E-state index contributed by atoms with van der Waals surface area (Å²) in [6.07, 6.45) is -0.0145. The van der Waals surface area contributed by atoms with Crippen molar-refractivity contribution >= 4 is 27.7 Å². The van der Waals surface area contributed by atoms with Gasteiger partial charge in [-0.2, -0.15) is 0 Å². The Balaban J connectivity index is 2.39. The van der Waals surface area contributed by atoms with Gasteiger partial charge in [-0.1, -0.05) is 0 Å². The van der Waals surface area contributed by atoms with E-state index < -0.39 is 57.0 Å². The third-order valence-corrected chi connectivity index (χ3v) is 3.94. The molecule has 1 aromatic rings. The minimum Gasteiger partial charge on any atom is -0.462 e. The number of halogens is 5. The molecule has 0 bridgehead atoms. The molecule has 2 atom stereocenters. The van der Waals surface area contributed by atoms with Gasteiger partial charge in [-0.15, -0.1) is 0 Å². The van der Waals surface area contributed by atoms with E-state index >= 15 is 0 Å². The Bertz CT molecular complexity index is 723. The number of Topliss-reactive ketones (excluding diaryl/α,β-unsaturated/α-hetero) is 1. The first kappa shape index (κ1) is 18.4. The Hall–Kier alpha value is -1.90. The average Bonchev–Trinajstić information content (AvgIpc) is 3.24. The third-order valence-electron chi connectivity index (χ3n) is 3.24. The molecule has 2 rings (SSSR count). The number of esters is 1. The molecule has 0 heterocycles. The highest BCUT2D eigenvalue weighted by Gasteiger charge is 2.37. The highest BCUT2D eigenvalue weighted by molar-refractivity contribution is 9.10. The first-order valence-electron chi connectivity index (χ1n) is 6.93. The molecule has 1 N–H and O–H groups in total. The van der Waals surface area contributed by atoms with Crippen molar-refractivity contribution in [1.29, 1.82) is 0 Å². The number of carbonyl (C=O) groups is 2. The smallest absolute Gasteiger partial charge is 0.343 e. The van der Waals surface area contributed by atoms with Crippen LogP contribution in [0.15, 0.2) is 22.3 Å². The van der Waals surface area contributed by atoms with E-state index in [1.54, 1.807) is 0 Å². The molecule has 1 aliphatic carbocycles. The highest BCUT2D eigenvalue weighted by atomic mass is 79.9. The summed E-state index contributed by atoms with van der Waals surface area (Å²) in [5, 5.41) is 2.50. The predicted molar refractivity (Wildman–Crippen MR) is 79.5 cm³/mol. The van der Waals surface area contributed by atoms with Crippen molar-refractivity contribution in [3.63, 3.8) is 0 Å². The van der Waals surface area contributed by atoms with Crippen molar-refractivity contribution in [2.45, 2.75) is 25.6 Å². The van der Waals surface area contributed by atoms with Crippen LogP contribution in [0.3, 0.4) is 0 Å². The van der Waals surface area contributed by atoms with Crippen molar-refractivity contribution in [3.05, 3.63) is 45.3 Å². The van der Waals surface area contributed by atoms with E-state index in [-0.39, 0.29) is 13.0 Å². The predicted octanol–water partition coefficient (Wildman–Crippen LogP) is 3.20. The number of rotatable bonds is 6. The summed E-state index contributed by atoms with van der Waals surface area (Å²) >= 11 is 2.50. The molecule has 0 aliphatic heterocycles. The monoisotopic (exact) mass is 409 g/mol. The average molecular weight is 410 g/mol. The first-order chi connectivity index (χ1) is 11.3. The van der Waals surface area contributed by atoms with Gasteiger partial charge in [-0.3, -0.25) is 4.79 Å². The molecule has 0 amide bonds. The second kappa shape index (κ2) is 7.33. The molecule has 1 aliphatic rings. The fourth-order valence-corrected chi connectivity index (χ4v) is 2.24. The fourth-order valence-electron chi connectivity index (χ4n) is 1.84. The van der Waals surface area contributed by atoms with E-state index in [0.717, 1.165) is 6.20 Å². The van der Waals surface area contributed by atoms with Crippen LogP contribution in [-0.2, 0) is 9.53 Å². The van der Waals surface area contributed by atoms with Crippen molar-refractivity contribution in [2.75, 3.05) is 6.61 Å². The van der Waals surface area contributed by atoms with Gasteiger partial charge in [0, 0.05) is 12.6 Å². The molecule has 1 fully saturated rings. The summed E-state index contributed by atoms with van der Waals surface area (Å²) in [5.74, 6) is -6.62. The topological polar surface area (TPSA) is 55.4 Å². The third kappa shape index (κ3) is 3.77. The van der Waals surface area contributed by atoms with Crippen molar-refractivity contribution in [2.24, 2.45) is 0 Å². The molecule has 1 saturated carbocycles. The molecule has 0 unspecified atom stereocenters. The Kier molecular flexibility index (Phi) is 5.63. The summed E-state index contributed by atoms with van der Waals surface area (Å²) in [4.78, 5) is 24.2. The number of ketones is 1. The first-order valence-corrected chi connectivity index (χ1v) is 7.72. The number of nitrogens with one attached hydrogen (secondary N) is 1. The maximum Gasteiger partial charge on any atom is 0.343 e. The Labute approximate surface area is 143 Å². The van der Waals surface area contributed by atoms with E-state index in [1.165, 1.54) is 6.92 Å². The summed E-state index contributed by atoms with van der Waals surface area (Å²) in [6.45, 7) is 1.42. The van der Waals surface area contributed by atoms with Crippen LogP contribution in [-0.4, -0.2) is 30.6 Å². The molecule has 1 aromatic carbocycles. The molecule has 0 spiro atoms. The fraction of sp³-hybridized carbons (Fsp3) is 0.333. The number of alkyl halides is 1. The number of ether oxygens (including phenoxy) is 1. The number of carbonyl (C=O) groups excluding carboxylic acids is 2. The number of hydrogen-bond acceptors (Lipinski definition) is 4. The molecule has 4 nitrogen and oxygen atoms in total. The molecular weight excluding hydrogens is 398 g/mol. The lowest BCUT2D eigenvalue weighted by molar-refractivity contribution is -0.138. The standard InChI is InChI=1S/C15H12BrF4NO3/c1-2-24-15(23)7(5-21-10-4-8(10)17)14(22)6-3-9(18)13(20)11(16)12(6)19/h3,5,8,10,21H,2,4H2,1H3/t8-,10-/m1/s1. The van der Waals surface area contributed by atoms with E-state index in [4.69, 9.17) is 0 Å². The van der Waals surface area contributed by atoms with E-state index in [0.29, 0.717) is 6.07 Å². The maximum atomic E-state index is 14.0. The van der Waals surface area contributed by atoms with Gasteiger partial charge in [-0.25, -0.2) is 22.4 Å². The molecule has 9 heteroatoms. The second-order valence-electron chi connectivity index (χ2n) is 4.98. The van der Waals surface area contributed by atoms with Gasteiger partial charge in [0.2, 0.25) is 5.78 Å². The van der Waals surface area contributed by atoms with Crippen LogP contribution < -0.4 is 5.32 Å². The van der Waals surface area contributed by atoms with Crippen LogP contribution in [0.1, 0.15) is 23.7 Å². The lowest BCUT2D eigenvalue weighted by Crippen LogP contribution is -2.22.